The predicted octanol–water partition coefficient (Wildman–Crippen LogP) is 3.13. The summed E-state index contributed by atoms with van der Waals surface area (Å²) in [6.45, 7) is 0.619. The van der Waals surface area contributed by atoms with Gasteiger partial charge in [-0.3, -0.25) is 9.78 Å². The molecule has 0 aliphatic carbocycles. The zero-order valence-electron chi connectivity index (χ0n) is 14.7. The van der Waals surface area contributed by atoms with Crippen molar-refractivity contribution >= 4 is 23.4 Å². The van der Waals surface area contributed by atoms with Crippen LogP contribution in [0.4, 0.5) is 11.5 Å². The van der Waals surface area contributed by atoms with Gasteiger partial charge >= 0.3 is 5.97 Å². The van der Waals surface area contributed by atoms with Crippen molar-refractivity contribution in [3.05, 3.63) is 83.8 Å². The van der Waals surface area contributed by atoms with Crippen molar-refractivity contribution < 1.29 is 14.3 Å². The van der Waals surface area contributed by atoms with E-state index < -0.39 is 5.97 Å². The highest BCUT2D eigenvalue weighted by molar-refractivity contribution is 6.04. The molecule has 0 radical (unpaired) electrons. The normalized spacial score (nSPS) is 10.1. The molecule has 0 aliphatic heterocycles. The highest BCUT2D eigenvalue weighted by atomic mass is 16.5. The summed E-state index contributed by atoms with van der Waals surface area (Å²) in [5.74, 6) is -0.0354. The predicted molar refractivity (Wildman–Crippen MR) is 102 cm³/mol. The van der Waals surface area contributed by atoms with E-state index in [4.69, 9.17) is 0 Å². The topological polar surface area (TPSA) is 93.2 Å². The molecule has 2 N–H and O–H groups in total. The molecule has 0 aliphatic rings. The van der Waals surface area contributed by atoms with E-state index in [2.05, 4.69) is 25.3 Å². The number of carbonyl (C=O) groups excluding carboxylic acids is 2. The van der Waals surface area contributed by atoms with E-state index in [-0.39, 0.29) is 5.91 Å². The van der Waals surface area contributed by atoms with Gasteiger partial charge in [-0.1, -0.05) is 0 Å². The Labute approximate surface area is 156 Å². The molecule has 0 unspecified atom stereocenters. The number of carbonyl (C=O) groups is 2. The van der Waals surface area contributed by atoms with Crippen molar-refractivity contribution in [2.24, 2.45) is 0 Å². The number of esters is 1. The average Bonchev–Trinajstić information content (AvgIpc) is 2.73. The molecule has 0 atom stereocenters. The number of pyridine rings is 2. The lowest BCUT2D eigenvalue weighted by Crippen LogP contribution is -2.13. The summed E-state index contributed by atoms with van der Waals surface area (Å²) >= 11 is 0. The number of rotatable bonds is 6. The summed E-state index contributed by atoms with van der Waals surface area (Å²) in [5.41, 5.74) is 2.51. The van der Waals surface area contributed by atoms with Crippen LogP contribution in [-0.2, 0) is 11.3 Å². The molecule has 136 valence electrons. The fourth-order valence-electron chi connectivity index (χ4n) is 2.34. The molecule has 27 heavy (non-hydrogen) atoms. The molecule has 0 saturated heterocycles. The summed E-state index contributed by atoms with van der Waals surface area (Å²) in [6.07, 6.45) is 4.97. The first-order valence-electron chi connectivity index (χ1n) is 8.24. The Bertz CT molecular complexity index is 910. The highest BCUT2D eigenvalue weighted by Gasteiger charge is 2.09. The van der Waals surface area contributed by atoms with Gasteiger partial charge in [-0.15, -0.1) is 0 Å². The molecule has 0 saturated carbocycles. The van der Waals surface area contributed by atoms with E-state index in [1.54, 1.807) is 48.8 Å². The van der Waals surface area contributed by atoms with Crippen LogP contribution in [0, 0.1) is 0 Å². The Morgan fingerprint density at radius 2 is 1.67 bits per heavy atom. The summed E-state index contributed by atoms with van der Waals surface area (Å²) in [7, 11) is 1.32. The van der Waals surface area contributed by atoms with Gasteiger partial charge in [0.1, 0.15) is 5.82 Å². The number of ether oxygens (including phenoxy) is 1. The Morgan fingerprint density at radius 1 is 0.963 bits per heavy atom. The largest absolute Gasteiger partial charge is 0.465 e. The lowest BCUT2D eigenvalue weighted by Gasteiger charge is -2.08. The number of amides is 1. The van der Waals surface area contributed by atoms with Crippen molar-refractivity contribution in [2.45, 2.75) is 6.54 Å². The number of hydrogen-bond donors (Lipinski definition) is 2. The van der Waals surface area contributed by atoms with Gasteiger partial charge in [0.05, 0.1) is 18.2 Å². The number of benzene rings is 1. The van der Waals surface area contributed by atoms with Crippen molar-refractivity contribution in [1.82, 2.24) is 9.97 Å². The van der Waals surface area contributed by atoms with Gasteiger partial charge in [0.25, 0.3) is 5.91 Å². The van der Waals surface area contributed by atoms with Gasteiger partial charge in [0.15, 0.2) is 0 Å². The van der Waals surface area contributed by atoms with Crippen LogP contribution in [0.15, 0.2) is 67.1 Å². The molecule has 0 spiro atoms. The average molecular weight is 362 g/mol. The van der Waals surface area contributed by atoms with Gasteiger partial charge in [-0.25, -0.2) is 9.78 Å². The second-order valence-corrected chi connectivity index (χ2v) is 5.66. The van der Waals surface area contributed by atoms with Crippen LogP contribution in [0.5, 0.6) is 0 Å². The van der Waals surface area contributed by atoms with Crippen molar-refractivity contribution in [2.75, 3.05) is 17.7 Å². The van der Waals surface area contributed by atoms with E-state index in [0.717, 1.165) is 5.56 Å². The van der Waals surface area contributed by atoms with Gasteiger partial charge in [0.2, 0.25) is 0 Å². The Morgan fingerprint density at radius 3 is 2.30 bits per heavy atom. The quantitative estimate of drug-likeness (QED) is 0.655. The molecule has 0 fully saturated rings. The van der Waals surface area contributed by atoms with Crippen molar-refractivity contribution in [3.8, 4) is 0 Å². The molecule has 1 aromatic carbocycles. The number of nitrogens with one attached hydrogen (secondary N) is 2. The zero-order chi connectivity index (χ0) is 19.1. The maximum atomic E-state index is 12.3. The van der Waals surface area contributed by atoms with Crippen LogP contribution in [-0.4, -0.2) is 29.0 Å². The molecule has 3 rings (SSSR count). The summed E-state index contributed by atoms with van der Waals surface area (Å²) in [4.78, 5) is 32.0. The third-order valence-electron chi connectivity index (χ3n) is 3.81. The first-order chi connectivity index (χ1) is 13.2. The minimum atomic E-state index is -0.424. The second kappa shape index (κ2) is 8.57. The van der Waals surface area contributed by atoms with Gasteiger partial charge < -0.3 is 15.4 Å². The van der Waals surface area contributed by atoms with E-state index in [1.807, 2.05) is 12.1 Å². The number of hydrogen-bond acceptors (Lipinski definition) is 6. The first kappa shape index (κ1) is 18.1. The van der Waals surface area contributed by atoms with E-state index in [9.17, 15) is 9.59 Å². The smallest absolute Gasteiger partial charge is 0.337 e. The Hall–Kier alpha value is -3.74. The maximum absolute atomic E-state index is 12.3. The van der Waals surface area contributed by atoms with E-state index in [1.165, 1.54) is 13.3 Å². The monoisotopic (exact) mass is 362 g/mol. The molecule has 3 aromatic rings. The van der Waals surface area contributed by atoms with Crippen LogP contribution in [0.2, 0.25) is 0 Å². The molecule has 1 amide bonds. The summed E-state index contributed by atoms with van der Waals surface area (Å²) in [6, 6.07) is 13.7. The number of aromatic nitrogens is 2. The fraction of sp³-hybridized carbons (Fsp3) is 0.100. The van der Waals surface area contributed by atoms with Gasteiger partial charge in [-0.2, -0.15) is 0 Å². The maximum Gasteiger partial charge on any atom is 0.337 e. The van der Waals surface area contributed by atoms with Crippen LogP contribution in [0.25, 0.3) is 0 Å². The minimum absolute atomic E-state index is 0.283. The summed E-state index contributed by atoms with van der Waals surface area (Å²) < 4.78 is 4.64. The van der Waals surface area contributed by atoms with E-state index in [0.29, 0.717) is 29.2 Å². The molecule has 7 heteroatoms. The second-order valence-electron chi connectivity index (χ2n) is 5.66. The third kappa shape index (κ3) is 4.88. The van der Waals surface area contributed by atoms with Crippen LogP contribution in [0.1, 0.15) is 26.3 Å². The zero-order valence-corrected chi connectivity index (χ0v) is 14.7. The van der Waals surface area contributed by atoms with Gasteiger partial charge in [-0.05, 0) is 54.1 Å². The molecule has 0 bridgehead atoms. The number of anilines is 2. The molecule has 7 nitrogen and oxygen atoms in total. The SMILES string of the molecule is COC(=O)c1ccc(NC(=O)c2ccc(NCc3ccncc3)nc2)cc1. The van der Waals surface area contributed by atoms with Crippen LogP contribution < -0.4 is 10.6 Å². The van der Waals surface area contributed by atoms with Crippen molar-refractivity contribution in [1.29, 1.82) is 0 Å². The first-order valence-corrected chi connectivity index (χ1v) is 8.24. The lowest BCUT2D eigenvalue weighted by molar-refractivity contribution is 0.0600. The van der Waals surface area contributed by atoms with Gasteiger partial charge in [0, 0.05) is 30.8 Å². The molecule has 2 aromatic heterocycles. The lowest BCUT2D eigenvalue weighted by atomic mass is 10.2. The third-order valence-corrected chi connectivity index (χ3v) is 3.81. The van der Waals surface area contributed by atoms with E-state index >= 15 is 0 Å². The Balaban J connectivity index is 1.58. The number of nitrogens with zero attached hydrogens (tertiary/aromatic N) is 2. The molecular weight excluding hydrogens is 344 g/mol. The van der Waals surface area contributed by atoms with Crippen LogP contribution in [0.3, 0.4) is 0 Å². The summed E-state index contributed by atoms with van der Waals surface area (Å²) in [5, 5.41) is 5.95. The molecular formula is C20H18N4O3. The molecule has 2 heterocycles. The van der Waals surface area contributed by atoms with Crippen molar-refractivity contribution in [3.63, 3.8) is 0 Å². The highest BCUT2D eigenvalue weighted by Crippen LogP contribution is 2.13. The minimum Gasteiger partial charge on any atom is -0.465 e. The van der Waals surface area contributed by atoms with Crippen LogP contribution >= 0.6 is 0 Å². The Kier molecular flexibility index (Phi) is 5.73. The number of methoxy groups -OCH3 is 1. The fourth-order valence-corrected chi connectivity index (χ4v) is 2.34. The standard InChI is InChI=1S/C20H18N4O3/c1-27-20(26)15-2-5-17(6-3-15)24-19(25)16-4-7-18(23-13-16)22-12-14-8-10-21-11-9-14/h2-11,13H,12H2,1H3,(H,22,23)(H,24,25).